The zero-order valence-electron chi connectivity index (χ0n) is 11.0. The number of hydrogen-bond acceptors (Lipinski definition) is 5. The molecule has 0 aromatic carbocycles. The highest BCUT2D eigenvalue weighted by atomic mass is 127. The number of nitrogens with zero attached hydrogens (tertiary/aromatic N) is 3. The Morgan fingerprint density at radius 3 is 2.43 bits per heavy atom. The fourth-order valence-corrected chi connectivity index (χ4v) is 2.03. The van der Waals surface area contributed by atoms with Crippen molar-refractivity contribution in [1.82, 2.24) is 9.97 Å². The zero-order valence-corrected chi connectivity index (χ0v) is 13.1. The summed E-state index contributed by atoms with van der Waals surface area (Å²) in [6.45, 7) is 0. The smallest absolute Gasteiger partial charge is 0.285 e. The highest BCUT2D eigenvalue weighted by Crippen LogP contribution is 2.21. The van der Waals surface area contributed by atoms with Crippen molar-refractivity contribution in [3.05, 3.63) is 47.9 Å². The Labute approximate surface area is 134 Å². The summed E-state index contributed by atoms with van der Waals surface area (Å²) < 4.78 is 6.33. The van der Waals surface area contributed by atoms with Gasteiger partial charge in [0.2, 0.25) is 11.8 Å². The molecule has 2 aromatic heterocycles. The molecular weight excluding hydrogens is 387 g/mol. The van der Waals surface area contributed by atoms with E-state index in [4.69, 9.17) is 10.5 Å². The monoisotopic (exact) mass is 398 g/mol. The molecule has 2 aromatic rings. The van der Waals surface area contributed by atoms with Crippen molar-refractivity contribution in [2.24, 2.45) is 5.73 Å². The molecule has 21 heavy (non-hydrogen) atoms. The number of ether oxygens (including phenoxy) is 1. The first-order valence-electron chi connectivity index (χ1n) is 5.79. The Hall–Kier alpha value is -2.23. The van der Waals surface area contributed by atoms with E-state index in [9.17, 15) is 9.59 Å². The molecule has 2 heterocycles. The number of primary amides is 1. The van der Waals surface area contributed by atoms with E-state index in [2.05, 4.69) is 9.97 Å². The third-order valence-corrected chi connectivity index (χ3v) is 3.60. The first-order chi connectivity index (χ1) is 10.0. The maximum Gasteiger partial charge on any atom is 0.285 e. The maximum atomic E-state index is 12.3. The van der Waals surface area contributed by atoms with Crippen molar-refractivity contribution >= 4 is 40.4 Å². The van der Waals surface area contributed by atoms with Gasteiger partial charge in [0.05, 0.1) is 47.4 Å². The van der Waals surface area contributed by atoms with Gasteiger partial charge in [-0.05, 0) is 18.2 Å². The number of carbonyl (C=O) groups is 2. The molecule has 8 heteroatoms. The lowest BCUT2D eigenvalue weighted by Crippen LogP contribution is -2.21. The van der Waals surface area contributed by atoms with E-state index >= 15 is 0 Å². The van der Waals surface area contributed by atoms with Crippen LogP contribution in [0.5, 0.6) is 5.88 Å². The first kappa shape index (κ1) is 15.2. The molecule has 0 bridgehead atoms. The van der Waals surface area contributed by atoms with E-state index in [1.165, 1.54) is 34.7 Å². The van der Waals surface area contributed by atoms with Crippen molar-refractivity contribution in [2.75, 3.05) is 10.2 Å². The minimum Gasteiger partial charge on any atom is -0.481 e. The predicted molar refractivity (Wildman–Crippen MR) is 84.4 cm³/mol. The van der Waals surface area contributed by atoms with Crippen LogP contribution in [0.2, 0.25) is 0 Å². The number of methoxy groups -OCH3 is 1. The highest BCUT2D eigenvalue weighted by Gasteiger charge is 2.17. The van der Waals surface area contributed by atoms with E-state index < -0.39 is 5.91 Å². The van der Waals surface area contributed by atoms with E-state index in [1.807, 2.05) is 22.9 Å². The molecule has 0 saturated heterocycles. The summed E-state index contributed by atoms with van der Waals surface area (Å²) in [5, 5.41) is 0. The van der Waals surface area contributed by atoms with Crippen LogP contribution in [0.25, 0.3) is 0 Å². The average Bonchev–Trinajstić information content (AvgIpc) is 2.53. The van der Waals surface area contributed by atoms with Crippen molar-refractivity contribution in [3.8, 4) is 5.88 Å². The number of amides is 2. The van der Waals surface area contributed by atoms with Crippen LogP contribution in [0.1, 0.15) is 20.8 Å². The third-order valence-electron chi connectivity index (χ3n) is 2.60. The van der Waals surface area contributed by atoms with Gasteiger partial charge >= 0.3 is 0 Å². The molecule has 0 radical (unpaired) electrons. The van der Waals surface area contributed by atoms with E-state index in [0.717, 1.165) is 0 Å². The summed E-state index contributed by atoms with van der Waals surface area (Å²) in [5.74, 6) is -0.467. The largest absolute Gasteiger partial charge is 0.481 e. The Bertz CT molecular complexity index is 658. The van der Waals surface area contributed by atoms with Crippen LogP contribution in [-0.2, 0) is 0 Å². The molecule has 0 spiro atoms. The van der Waals surface area contributed by atoms with E-state index in [-0.39, 0.29) is 17.2 Å². The zero-order chi connectivity index (χ0) is 15.4. The van der Waals surface area contributed by atoms with Crippen LogP contribution >= 0.6 is 22.9 Å². The number of aromatic nitrogens is 2. The number of anilines is 1. The molecular formula is C13H11IN4O3. The second kappa shape index (κ2) is 6.48. The maximum absolute atomic E-state index is 12.3. The molecule has 0 atom stereocenters. The first-order valence-corrected chi connectivity index (χ1v) is 6.75. The Morgan fingerprint density at radius 1 is 1.19 bits per heavy atom. The second-order valence-electron chi connectivity index (χ2n) is 3.94. The summed E-state index contributed by atoms with van der Waals surface area (Å²) in [4.78, 5) is 31.2. The van der Waals surface area contributed by atoms with Gasteiger partial charge in [-0.2, -0.15) is 0 Å². The van der Waals surface area contributed by atoms with Crippen LogP contribution in [-0.4, -0.2) is 28.9 Å². The highest BCUT2D eigenvalue weighted by molar-refractivity contribution is 14.1. The molecule has 0 fully saturated rings. The molecule has 2 rings (SSSR count). The number of nitrogens with two attached hydrogens (primary N) is 1. The number of hydrogen-bond donors (Lipinski definition) is 1. The molecule has 0 aliphatic carbocycles. The lowest BCUT2D eigenvalue weighted by molar-refractivity contribution is 0.0989. The van der Waals surface area contributed by atoms with Gasteiger partial charge in [0.15, 0.2) is 0 Å². The number of carbonyl (C=O) groups excluding carboxylic acids is 2. The third kappa shape index (κ3) is 3.45. The van der Waals surface area contributed by atoms with Gasteiger partial charge < -0.3 is 10.5 Å². The number of pyridine rings is 2. The molecule has 0 aliphatic heterocycles. The Morgan fingerprint density at radius 2 is 1.95 bits per heavy atom. The van der Waals surface area contributed by atoms with Gasteiger partial charge in [-0.25, -0.2) is 8.10 Å². The predicted octanol–water partition coefficient (Wildman–Crippen LogP) is 1.58. The fraction of sp³-hybridized carbons (Fsp3) is 0.0769. The van der Waals surface area contributed by atoms with Crippen molar-refractivity contribution in [1.29, 1.82) is 0 Å². The molecule has 7 nitrogen and oxygen atoms in total. The molecule has 2 N–H and O–H groups in total. The summed E-state index contributed by atoms with van der Waals surface area (Å²) >= 11 is 1.85. The number of halogens is 1. The molecule has 0 unspecified atom stereocenters. The van der Waals surface area contributed by atoms with Crippen molar-refractivity contribution in [3.63, 3.8) is 0 Å². The van der Waals surface area contributed by atoms with Gasteiger partial charge in [0.25, 0.3) is 5.91 Å². The van der Waals surface area contributed by atoms with Crippen LogP contribution in [0.3, 0.4) is 0 Å². The quantitative estimate of drug-likeness (QED) is 0.623. The van der Waals surface area contributed by atoms with Gasteiger partial charge in [-0.15, -0.1) is 0 Å². The summed E-state index contributed by atoms with van der Waals surface area (Å²) in [6.07, 6.45) is 2.78. The van der Waals surface area contributed by atoms with Crippen molar-refractivity contribution < 1.29 is 14.3 Å². The summed E-state index contributed by atoms with van der Waals surface area (Å²) in [5.41, 5.74) is 6.15. The standard InChI is InChI=1S/C13H11IN4O3/c1-21-11-5-3-9(7-17-11)18(14)13(20)10-4-2-8(6-16-10)12(15)19/h2-7H,1H3,(H2,15,19). The summed E-state index contributed by atoms with van der Waals surface area (Å²) in [6, 6.07) is 6.26. The van der Waals surface area contributed by atoms with Crippen LogP contribution in [0.15, 0.2) is 36.7 Å². The molecule has 0 saturated carbocycles. The Kier molecular flexibility index (Phi) is 4.68. The minimum atomic E-state index is -0.591. The second-order valence-corrected chi connectivity index (χ2v) is 4.91. The lowest BCUT2D eigenvalue weighted by Gasteiger charge is -2.14. The van der Waals surface area contributed by atoms with E-state index in [0.29, 0.717) is 11.6 Å². The number of rotatable bonds is 4. The summed E-state index contributed by atoms with van der Waals surface area (Å²) in [7, 11) is 1.51. The Balaban J connectivity index is 2.19. The van der Waals surface area contributed by atoms with Crippen LogP contribution in [0.4, 0.5) is 5.69 Å². The van der Waals surface area contributed by atoms with Gasteiger partial charge in [0.1, 0.15) is 5.69 Å². The molecule has 108 valence electrons. The normalized spacial score (nSPS) is 10.0. The topological polar surface area (TPSA) is 98.4 Å². The van der Waals surface area contributed by atoms with Gasteiger partial charge in [-0.3, -0.25) is 14.6 Å². The minimum absolute atomic E-state index is 0.199. The lowest BCUT2D eigenvalue weighted by atomic mass is 10.2. The van der Waals surface area contributed by atoms with Crippen LogP contribution < -0.4 is 13.6 Å². The molecule has 2 amide bonds. The molecule has 0 aliphatic rings. The van der Waals surface area contributed by atoms with Crippen LogP contribution in [0, 0.1) is 0 Å². The SMILES string of the molecule is COc1ccc(N(I)C(=O)c2ccc(C(N)=O)cn2)cn1. The fourth-order valence-electron chi connectivity index (χ4n) is 1.49. The van der Waals surface area contributed by atoms with Gasteiger partial charge in [-0.1, -0.05) is 0 Å². The average molecular weight is 398 g/mol. The van der Waals surface area contributed by atoms with Crippen molar-refractivity contribution in [2.45, 2.75) is 0 Å². The van der Waals surface area contributed by atoms with E-state index in [1.54, 1.807) is 12.1 Å². The van der Waals surface area contributed by atoms with Gasteiger partial charge in [0, 0.05) is 12.3 Å².